The van der Waals surface area contributed by atoms with Gasteiger partial charge >= 0.3 is 11.7 Å². The molecule has 1 heterocycles. The zero-order valence-corrected chi connectivity index (χ0v) is 13.6. The van der Waals surface area contributed by atoms with Gasteiger partial charge in [-0.15, -0.1) is 0 Å². The molecule has 1 atom stereocenters. The first kappa shape index (κ1) is 19.7. The molecule has 0 aromatic carbocycles. The molecule has 0 bridgehead atoms. The van der Waals surface area contributed by atoms with Crippen molar-refractivity contribution in [1.29, 1.82) is 0 Å². The van der Waals surface area contributed by atoms with Crippen LogP contribution in [0.25, 0.3) is 0 Å². The molecular formula is C12H20F2N2O6S. The molecule has 1 fully saturated rings. The molecule has 0 aromatic rings. The predicted octanol–water partition coefficient (Wildman–Crippen LogP) is -0.143. The number of amides is 1. The van der Waals surface area contributed by atoms with Crippen LogP contribution < -0.4 is 5.32 Å². The monoisotopic (exact) mass is 358 g/mol. The second-order valence-electron chi connectivity index (χ2n) is 5.40. The maximum absolute atomic E-state index is 12.4. The highest BCUT2D eigenvalue weighted by Gasteiger charge is 2.42. The second kappa shape index (κ2) is 7.49. The van der Waals surface area contributed by atoms with Gasteiger partial charge in [-0.1, -0.05) is 0 Å². The average Bonchev–Trinajstić information content (AvgIpc) is 2.51. The SMILES string of the molecule is COC(C)(C(=O)O)C(=O)NCC1CCN(S(=O)(=O)C(F)F)CC1. The number of methoxy groups -OCH3 is 1. The van der Waals surface area contributed by atoms with E-state index in [0.717, 1.165) is 18.3 Å². The number of hydrogen-bond donors (Lipinski definition) is 2. The van der Waals surface area contributed by atoms with Gasteiger partial charge in [0.2, 0.25) is 5.60 Å². The summed E-state index contributed by atoms with van der Waals surface area (Å²) in [6.45, 7) is 1.11. The molecule has 11 heteroatoms. The van der Waals surface area contributed by atoms with Gasteiger partial charge in [-0.2, -0.15) is 13.1 Å². The summed E-state index contributed by atoms with van der Waals surface area (Å²) in [7, 11) is -3.48. The summed E-state index contributed by atoms with van der Waals surface area (Å²) in [6, 6.07) is 0. The van der Waals surface area contributed by atoms with Gasteiger partial charge in [-0.25, -0.2) is 13.2 Å². The quantitative estimate of drug-likeness (QED) is 0.612. The molecule has 8 nitrogen and oxygen atoms in total. The summed E-state index contributed by atoms with van der Waals surface area (Å²) in [5, 5.41) is 11.4. The number of ether oxygens (including phenoxy) is 1. The number of carbonyl (C=O) groups is 2. The number of alkyl halides is 2. The van der Waals surface area contributed by atoms with Crippen LogP contribution in [0.4, 0.5) is 8.78 Å². The summed E-state index contributed by atoms with van der Waals surface area (Å²) in [5.41, 5.74) is -2.01. The molecule has 1 saturated heterocycles. The van der Waals surface area contributed by atoms with Gasteiger partial charge in [0.25, 0.3) is 15.9 Å². The van der Waals surface area contributed by atoms with E-state index in [1.807, 2.05) is 0 Å². The number of hydrogen-bond acceptors (Lipinski definition) is 5. The molecular weight excluding hydrogens is 338 g/mol. The molecule has 1 aliphatic heterocycles. The fourth-order valence-electron chi connectivity index (χ4n) is 2.16. The van der Waals surface area contributed by atoms with Crippen LogP contribution in [0.2, 0.25) is 0 Å². The Morgan fingerprint density at radius 3 is 2.30 bits per heavy atom. The molecule has 1 unspecified atom stereocenters. The molecule has 0 aliphatic carbocycles. The fraction of sp³-hybridized carbons (Fsp3) is 0.833. The fourth-order valence-corrected chi connectivity index (χ4v) is 3.11. The molecule has 23 heavy (non-hydrogen) atoms. The Morgan fingerprint density at radius 2 is 1.91 bits per heavy atom. The third-order valence-electron chi connectivity index (χ3n) is 3.96. The van der Waals surface area contributed by atoms with E-state index in [9.17, 15) is 26.8 Å². The van der Waals surface area contributed by atoms with E-state index in [0.29, 0.717) is 12.8 Å². The molecule has 134 valence electrons. The van der Waals surface area contributed by atoms with E-state index in [1.165, 1.54) is 0 Å². The van der Waals surface area contributed by atoms with Crippen molar-refractivity contribution in [2.45, 2.75) is 31.1 Å². The molecule has 2 N–H and O–H groups in total. The third-order valence-corrected chi connectivity index (χ3v) is 5.49. The van der Waals surface area contributed by atoms with Crippen LogP contribution in [-0.4, -0.2) is 67.8 Å². The van der Waals surface area contributed by atoms with Crippen LogP contribution >= 0.6 is 0 Å². The Bertz CT molecular complexity index is 548. The van der Waals surface area contributed by atoms with Crippen LogP contribution in [0, 0.1) is 5.92 Å². The highest BCUT2D eigenvalue weighted by atomic mass is 32.2. The Hall–Kier alpha value is -1.33. The molecule has 0 radical (unpaired) electrons. The summed E-state index contributed by atoms with van der Waals surface area (Å²) >= 11 is 0. The van der Waals surface area contributed by atoms with Crippen molar-refractivity contribution in [2.75, 3.05) is 26.7 Å². The number of nitrogens with one attached hydrogen (secondary N) is 1. The normalized spacial score (nSPS) is 20.2. The van der Waals surface area contributed by atoms with Gasteiger partial charge in [-0.3, -0.25) is 4.79 Å². The number of carboxylic acids is 1. The molecule has 0 aromatic heterocycles. The summed E-state index contributed by atoms with van der Waals surface area (Å²) in [6.07, 6.45) is 0.589. The standard InChI is InChI=1S/C12H20F2N2O6S/c1-12(22-2,10(18)19)9(17)15-7-8-3-5-16(6-4-8)23(20,21)11(13)14/h8,11H,3-7H2,1-2H3,(H,15,17)(H,18,19). The lowest BCUT2D eigenvalue weighted by Gasteiger charge is -2.31. The number of carboxylic acid groups (broad SMARTS) is 1. The van der Waals surface area contributed by atoms with Gasteiger partial charge in [-0.05, 0) is 25.7 Å². The minimum Gasteiger partial charge on any atom is -0.479 e. The van der Waals surface area contributed by atoms with Crippen molar-refractivity contribution >= 4 is 21.9 Å². The number of halogens is 2. The van der Waals surface area contributed by atoms with Crippen LogP contribution in [-0.2, 0) is 24.3 Å². The Morgan fingerprint density at radius 1 is 1.39 bits per heavy atom. The Balaban J connectivity index is 2.52. The van der Waals surface area contributed by atoms with Crippen molar-refractivity contribution in [3.8, 4) is 0 Å². The first-order valence-electron chi connectivity index (χ1n) is 6.89. The number of piperidine rings is 1. The third kappa shape index (κ3) is 4.36. The summed E-state index contributed by atoms with van der Waals surface area (Å²) in [5.74, 6) is -5.83. The highest BCUT2D eigenvalue weighted by molar-refractivity contribution is 7.89. The lowest BCUT2D eigenvalue weighted by Crippen LogP contribution is -2.53. The van der Waals surface area contributed by atoms with Crippen LogP contribution in [0.3, 0.4) is 0 Å². The van der Waals surface area contributed by atoms with Crippen molar-refractivity contribution in [1.82, 2.24) is 9.62 Å². The second-order valence-corrected chi connectivity index (χ2v) is 7.30. The molecule has 1 amide bonds. The van der Waals surface area contributed by atoms with Gasteiger partial charge < -0.3 is 15.2 Å². The number of aliphatic carboxylic acids is 1. The van der Waals surface area contributed by atoms with Crippen molar-refractivity contribution in [3.05, 3.63) is 0 Å². The van der Waals surface area contributed by atoms with E-state index in [2.05, 4.69) is 5.32 Å². The Labute approximate surface area is 132 Å². The van der Waals surface area contributed by atoms with E-state index >= 15 is 0 Å². The molecule has 1 rings (SSSR count). The summed E-state index contributed by atoms with van der Waals surface area (Å²) in [4.78, 5) is 22.9. The van der Waals surface area contributed by atoms with Crippen LogP contribution in [0.15, 0.2) is 0 Å². The number of sulfonamides is 1. The van der Waals surface area contributed by atoms with Gasteiger partial charge in [0.05, 0.1) is 0 Å². The first-order chi connectivity index (χ1) is 10.6. The van der Waals surface area contributed by atoms with Gasteiger partial charge in [0.1, 0.15) is 0 Å². The number of carbonyl (C=O) groups excluding carboxylic acids is 1. The topological polar surface area (TPSA) is 113 Å². The molecule has 0 saturated carbocycles. The molecule has 0 spiro atoms. The molecule has 1 aliphatic rings. The first-order valence-corrected chi connectivity index (χ1v) is 8.40. The summed E-state index contributed by atoms with van der Waals surface area (Å²) < 4.78 is 53.0. The van der Waals surface area contributed by atoms with Gasteiger partial charge in [0.15, 0.2) is 0 Å². The minimum absolute atomic E-state index is 0.0618. The lowest BCUT2D eigenvalue weighted by molar-refractivity contribution is -0.167. The van der Waals surface area contributed by atoms with Crippen LogP contribution in [0.5, 0.6) is 0 Å². The van der Waals surface area contributed by atoms with E-state index in [1.54, 1.807) is 0 Å². The maximum atomic E-state index is 12.4. The zero-order chi connectivity index (χ0) is 17.8. The zero-order valence-electron chi connectivity index (χ0n) is 12.8. The number of nitrogens with zero attached hydrogens (tertiary/aromatic N) is 1. The van der Waals surface area contributed by atoms with Gasteiger partial charge in [0, 0.05) is 26.7 Å². The van der Waals surface area contributed by atoms with E-state index in [-0.39, 0.29) is 25.6 Å². The van der Waals surface area contributed by atoms with Crippen molar-refractivity contribution in [2.24, 2.45) is 5.92 Å². The maximum Gasteiger partial charge on any atom is 0.350 e. The largest absolute Gasteiger partial charge is 0.479 e. The Kier molecular flexibility index (Phi) is 6.42. The van der Waals surface area contributed by atoms with Crippen LogP contribution in [0.1, 0.15) is 19.8 Å². The smallest absolute Gasteiger partial charge is 0.350 e. The van der Waals surface area contributed by atoms with Crippen molar-refractivity contribution < 1.29 is 36.6 Å². The number of rotatable bonds is 7. The minimum atomic E-state index is -4.58. The highest BCUT2D eigenvalue weighted by Crippen LogP contribution is 2.22. The average molecular weight is 358 g/mol. The predicted molar refractivity (Wildman–Crippen MR) is 75.3 cm³/mol. The van der Waals surface area contributed by atoms with E-state index in [4.69, 9.17) is 9.84 Å². The lowest BCUT2D eigenvalue weighted by atomic mass is 9.97. The van der Waals surface area contributed by atoms with E-state index < -0.39 is 33.3 Å². The van der Waals surface area contributed by atoms with Crippen molar-refractivity contribution in [3.63, 3.8) is 0 Å².